The number of likely N-dealkylation sites (tertiary alicyclic amines) is 1. The molecule has 1 aromatic rings. The van der Waals surface area contributed by atoms with Crippen molar-refractivity contribution in [3.05, 3.63) is 28.2 Å². The van der Waals surface area contributed by atoms with Crippen molar-refractivity contribution in [1.29, 1.82) is 0 Å². The van der Waals surface area contributed by atoms with Gasteiger partial charge in [-0.05, 0) is 43.5 Å². The average Bonchev–Trinajstić information content (AvgIpc) is 3.12. The molecule has 1 fully saturated rings. The van der Waals surface area contributed by atoms with Crippen molar-refractivity contribution in [2.75, 3.05) is 18.9 Å². The van der Waals surface area contributed by atoms with E-state index >= 15 is 0 Å². The molecule has 0 aliphatic carbocycles. The molecule has 1 saturated heterocycles. The molecule has 1 aromatic carbocycles. The Bertz CT molecular complexity index is 803. The Balaban J connectivity index is 0.00000280. The van der Waals surface area contributed by atoms with Crippen molar-refractivity contribution in [1.82, 2.24) is 10.2 Å². The molecule has 2 aliphatic heterocycles. The summed E-state index contributed by atoms with van der Waals surface area (Å²) in [6.45, 7) is 4.22. The van der Waals surface area contributed by atoms with Gasteiger partial charge < -0.3 is 21.3 Å². The maximum absolute atomic E-state index is 13.2. The summed E-state index contributed by atoms with van der Waals surface area (Å²) >= 11 is 3.41. The molecule has 0 bridgehead atoms. The summed E-state index contributed by atoms with van der Waals surface area (Å²) in [7, 11) is 1.73. The van der Waals surface area contributed by atoms with Crippen LogP contribution in [0.3, 0.4) is 0 Å². The lowest BCUT2D eigenvalue weighted by Gasteiger charge is -2.28. The van der Waals surface area contributed by atoms with Crippen LogP contribution in [-0.2, 0) is 19.8 Å². The van der Waals surface area contributed by atoms with Gasteiger partial charge in [0.05, 0.1) is 11.5 Å². The molecule has 9 heteroatoms. The molecule has 0 unspecified atom stereocenters. The van der Waals surface area contributed by atoms with Gasteiger partial charge in [-0.3, -0.25) is 14.4 Å². The number of amides is 3. The number of hydrogen-bond donors (Lipinski definition) is 3. The van der Waals surface area contributed by atoms with Gasteiger partial charge in [0.25, 0.3) is 0 Å². The Labute approximate surface area is 179 Å². The highest BCUT2D eigenvalue weighted by atomic mass is 79.9. The lowest BCUT2D eigenvalue weighted by atomic mass is 9.79. The van der Waals surface area contributed by atoms with Crippen LogP contribution in [0.25, 0.3) is 0 Å². The van der Waals surface area contributed by atoms with Gasteiger partial charge in [0, 0.05) is 16.7 Å². The second-order valence-electron chi connectivity index (χ2n) is 7.79. The van der Waals surface area contributed by atoms with Gasteiger partial charge in [-0.2, -0.15) is 0 Å². The normalized spacial score (nSPS) is 24.1. The Morgan fingerprint density at radius 1 is 1.43 bits per heavy atom. The zero-order chi connectivity index (χ0) is 19.9. The number of fused-ring (bicyclic) bond motifs is 2. The summed E-state index contributed by atoms with van der Waals surface area (Å²) in [5.41, 5.74) is 6.19. The number of likely N-dealkylation sites (N-methyl/N-ethyl adjacent to an activating group) is 1. The maximum Gasteiger partial charge on any atom is 0.240 e. The number of carbonyl (C=O) groups is 3. The minimum Gasteiger partial charge on any atom is -0.368 e. The smallest absolute Gasteiger partial charge is 0.240 e. The highest BCUT2D eigenvalue weighted by Gasteiger charge is 2.57. The van der Waals surface area contributed by atoms with Crippen LogP contribution in [0.15, 0.2) is 22.7 Å². The van der Waals surface area contributed by atoms with Crippen molar-refractivity contribution >= 4 is 51.7 Å². The quantitative estimate of drug-likeness (QED) is 0.606. The minimum atomic E-state index is -0.943. The van der Waals surface area contributed by atoms with E-state index in [4.69, 9.17) is 5.73 Å². The molecule has 2 aliphatic rings. The molecule has 2 heterocycles. The molecule has 3 atom stereocenters. The standard InChI is InChI=1S/C19H25BrN4O3.ClH/c1-10(2)6-14(22-3)17(26)24-9-19(8-15(24)16(21)25)12-5-4-11(20)7-13(12)23-18(19)27;/h4-5,7,10,14-15,22H,6,8-9H2,1-3H3,(H2,21,25)(H,23,27);1H/t14-,15-,19-;/m0./s1. The molecule has 154 valence electrons. The number of hydrogen-bond acceptors (Lipinski definition) is 4. The highest BCUT2D eigenvalue weighted by Crippen LogP contribution is 2.47. The predicted molar refractivity (Wildman–Crippen MR) is 113 cm³/mol. The van der Waals surface area contributed by atoms with Crippen LogP contribution < -0.4 is 16.4 Å². The number of carbonyl (C=O) groups excluding carboxylic acids is 3. The molecule has 3 rings (SSSR count). The Morgan fingerprint density at radius 3 is 2.68 bits per heavy atom. The van der Waals surface area contributed by atoms with Crippen molar-refractivity contribution in [3.63, 3.8) is 0 Å². The van der Waals surface area contributed by atoms with Crippen molar-refractivity contribution in [2.45, 2.75) is 44.2 Å². The van der Waals surface area contributed by atoms with E-state index in [0.29, 0.717) is 18.0 Å². The molecule has 4 N–H and O–H groups in total. The fourth-order valence-electron chi connectivity index (χ4n) is 4.17. The second kappa shape index (κ2) is 8.39. The number of nitrogens with two attached hydrogens (primary N) is 1. The summed E-state index contributed by atoms with van der Waals surface area (Å²) in [5.74, 6) is -0.659. The molecule has 28 heavy (non-hydrogen) atoms. The first-order chi connectivity index (χ1) is 12.7. The number of halogens is 2. The molecular formula is C19H26BrClN4O3. The third-order valence-electron chi connectivity index (χ3n) is 5.50. The SMILES string of the molecule is CN[C@@H](CC(C)C)C(=O)N1C[C@]2(C[C@H]1C(N)=O)C(=O)Nc1cc(Br)ccc12.Cl. The van der Waals surface area contributed by atoms with Crippen LogP contribution in [0.2, 0.25) is 0 Å². The summed E-state index contributed by atoms with van der Waals surface area (Å²) in [5, 5.41) is 5.93. The Kier molecular flexibility index (Phi) is 6.78. The second-order valence-corrected chi connectivity index (χ2v) is 8.70. The zero-order valence-corrected chi connectivity index (χ0v) is 18.5. The molecular weight excluding hydrogens is 448 g/mol. The lowest BCUT2D eigenvalue weighted by Crippen LogP contribution is -2.51. The first-order valence-electron chi connectivity index (χ1n) is 9.08. The number of nitrogens with one attached hydrogen (secondary N) is 2. The summed E-state index contributed by atoms with van der Waals surface area (Å²) in [6, 6.07) is 4.34. The van der Waals surface area contributed by atoms with Crippen LogP contribution in [0.1, 0.15) is 32.3 Å². The predicted octanol–water partition coefficient (Wildman–Crippen LogP) is 1.78. The van der Waals surface area contributed by atoms with Crippen LogP contribution in [0.5, 0.6) is 0 Å². The van der Waals surface area contributed by atoms with E-state index < -0.39 is 23.4 Å². The molecule has 0 aromatic heterocycles. The van der Waals surface area contributed by atoms with Gasteiger partial charge in [0.1, 0.15) is 6.04 Å². The average molecular weight is 474 g/mol. The number of anilines is 1. The fraction of sp³-hybridized carbons (Fsp3) is 0.526. The van der Waals surface area contributed by atoms with Crippen LogP contribution in [0.4, 0.5) is 5.69 Å². The van der Waals surface area contributed by atoms with E-state index in [1.54, 1.807) is 7.05 Å². The Hall–Kier alpha value is -1.64. The topological polar surface area (TPSA) is 105 Å². The lowest BCUT2D eigenvalue weighted by molar-refractivity contribution is -0.139. The fourth-order valence-corrected chi connectivity index (χ4v) is 4.53. The van der Waals surface area contributed by atoms with Gasteiger partial charge >= 0.3 is 0 Å². The van der Waals surface area contributed by atoms with E-state index in [1.165, 1.54) is 4.90 Å². The van der Waals surface area contributed by atoms with Gasteiger partial charge in [0.15, 0.2) is 0 Å². The van der Waals surface area contributed by atoms with Gasteiger partial charge in [-0.1, -0.05) is 35.8 Å². The van der Waals surface area contributed by atoms with Crippen LogP contribution in [0, 0.1) is 5.92 Å². The highest BCUT2D eigenvalue weighted by molar-refractivity contribution is 9.10. The Morgan fingerprint density at radius 2 is 2.11 bits per heavy atom. The number of nitrogens with zero attached hydrogens (tertiary/aromatic N) is 1. The molecule has 7 nitrogen and oxygen atoms in total. The number of primary amides is 1. The molecule has 0 radical (unpaired) electrons. The van der Waals surface area contributed by atoms with Crippen molar-refractivity contribution < 1.29 is 14.4 Å². The summed E-state index contributed by atoms with van der Waals surface area (Å²) < 4.78 is 0.850. The van der Waals surface area contributed by atoms with Crippen LogP contribution >= 0.6 is 28.3 Å². The monoisotopic (exact) mass is 472 g/mol. The first kappa shape index (κ1) is 22.6. The van der Waals surface area contributed by atoms with Crippen molar-refractivity contribution in [3.8, 4) is 0 Å². The van der Waals surface area contributed by atoms with E-state index in [-0.39, 0.29) is 37.2 Å². The third kappa shape index (κ3) is 3.77. The van der Waals surface area contributed by atoms with E-state index in [1.807, 2.05) is 32.0 Å². The van der Waals surface area contributed by atoms with Gasteiger partial charge in [-0.25, -0.2) is 0 Å². The molecule has 0 saturated carbocycles. The van der Waals surface area contributed by atoms with Gasteiger partial charge in [0.2, 0.25) is 17.7 Å². The third-order valence-corrected chi connectivity index (χ3v) is 6.00. The number of benzene rings is 1. The summed E-state index contributed by atoms with van der Waals surface area (Å²) in [4.78, 5) is 39.7. The van der Waals surface area contributed by atoms with Crippen molar-refractivity contribution in [2.24, 2.45) is 11.7 Å². The van der Waals surface area contributed by atoms with E-state index in [2.05, 4.69) is 26.6 Å². The zero-order valence-electron chi connectivity index (χ0n) is 16.1. The van der Waals surface area contributed by atoms with E-state index in [0.717, 1.165) is 10.0 Å². The number of rotatable bonds is 5. The maximum atomic E-state index is 13.2. The van der Waals surface area contributed by atoms with Gasteiger partial charge in [-0.15, -0.1) is 12.4 Å². The molecule has 1 spiro atoms. The van der Waals surface area contributed by atoms with Crippen LogP contribution in [-0.4, -0.2) is 48.3 Å². The first-order valence-corrected chi connectivity index (χ1v) is 9.87. The largest absolute Gasteiger partial charge is 0.368 e. The van der Waals surface area contributed by atoms with E-state index in [9.17, 15) is 14.4 Å². The minimum absolute atomic E-state index is 0. The summed E-state index contributed by atoms with van der Waals surface area (Å²) in [6.07, 6.45) is 0.840. The molecule has 3 amide bonds.